The van der Waals surface area contributed by atoms with Gasteiger partial charge in [0.15, 0.2) is 5.17 Å². The molecule has 2 aromatic heterocycles. The largest absolute Gasteiger partial charge is 0.351 e. The Morgan fingerprint density at radius 3 is 2.88 bits per heavy atom. The Kier molecular flexibility index (Phi) is 3.82. The number of piperidine rings is 1. The van der Waals surface area contributed by atoms with E-state index in [1.807, 2.05) is 4.40 Å². The van der Waals surface area contributed by atoms with Gasteiger partial charge in [0, 0.05) is 19.3 Å². The van der Waals surface area contributed by atoms with Crippen molar-refractivity contribution in [2.45, 2.75) is 19.3 Å². The van der Waals surface area contributed by atoms with E-state index in [4.69, 9.17) is 5.26 Å². The zero-order valence-electron chi connectivity index (χ0n) is 13.0. The lowest BCUT2D eigenvalue weighted by Crippen LogP contribution is -2.33. The van der Waals surface area contributed by atoms with Gasteiger partial charge in [0.2, 0.25) is 0 Å². The van der Waals surface area contributed by atoms with Crippen LogP contribution in [-0.4, -0.2) is 38.4 Å². The number of amidine groups is 1. The van der Waals surface area contributed by atoms with E-state index in [-0.39, 0.29) is 5.91 Å². The summed E-state index contributed by atoms with van der Waals surface area (Å²) in [7, 11) is 0. The molecule has 4 heterocycles. The summed E-state index contributed by atoms with van der Waals surface area (Å²) in [5, 5.41) is 9.85. The number of hydrogen-bond acceptors (Lipinski definition) is 5. The van der Waals surface area contributed by atoms with E-state index >= 15 is 0 Å². The highest BCUT2D eigenvalue weighted by atomic mass is 32.2. The molecule has 120 valence electrons. The molecule has 0 aliphatic carbocycles. The van der Waals surface area contributed by atoms with Gasteiger partial charge in [-0.25, -0.2) is 4.98 Å². The van der Waals surface area contributed by atoms with Gasteiger partial charge in [-0.05, 0) is 49.2 Å². The summed E-state index contributed by atoms with van der Waals surface area (Å²) in [6, 6.07) is 5.64. The third kappa shape index (κ3) is 2.69. The maximum Gasteiger partial charge on any atom is 0.286 e. The molecule has 2 aliphatic rings. The first-order chi connectivity index (χ1) is 11.7. The zero-order valence-corrected chi connectivity index (χ0v) is 13.8. The van der Waals surface area contributed by atoms with Crippen molar-refractivity contribution in [3.63, 3.8) is 0 Å². The van der Waals surface area contributed by atoms with Gasteiger partial charge in [-0.1, -0.05) is 0 Å². The number of rotatable bonds is 1. The Morgan fingerprint density at radius 1 is 1.25 bits per heavy atom. The summed E-state index contributed by atoms with van der Waals surface area (Å²) in [5.74, 6) is -0.202. The first-order valence-corrected chi connectivity index (χ1v) is 8.71. The quantitative estimate of drug-likeness (QED) is 0.748. The number of imidazole rings is 1. The minimum Gasteiger partial charge on any atom is -0.351 e. The highest BCUT2D eigenvalue weighted by Crippen LogP contribution is 2.31. The summed E-state index contributed by atoms with van der Waals surface area (Å²) in [6.45, 7) is 1.93. The van der Waals surface area contributed by atoms with Crippen molar-refractivity contribution in [1.29, 1.82) is 5.26 Å². The van der Waals surface area contributed by atoms with Gasteiger partial charge >= 0.3 is 0 Å². The minimum atomic E-state index is -0.202. The van der Waals surface area contributed by atoms with Crippen LogP contribution in [0.2, 0.25) is 0 Å². The third-order valence-corrected chi connectivity index (χ3v) is 5.22. The molecule has 0 bridgehead atoms. The molecule has 0 saturated carbocycles. The minimum absolute atomic E-state index is 0.202. The Hall–Kier alpha value is -2.59. The molecule has 0 N–H and O–H groups in total. The highest BCUT2D eigenvalue weighted by molar-refractivity contribution is 8.18. The number of aliphatic imine (C=N–C) groups is 1. The molecule has 1 fully saturated rings. The number of amides is 1. The van der Waals surface area contributed by atoms with Gasteiger partial charge < -0.3 is 4.90 Å². The van der Waals surface area contributed by atoms with E-state index < -0.39 is 0 Å². The Balaban J connectivity index is 1.63. The number of fused-ring (bicyclic) bond motifs is 1. The number of carbonyl (C=O) groups is 1. The molecule has 24 heavy (non-hydrogen) atoms. The van der Waals surface area contributed by atoms with E-state index in [2.05, 4.69) is 20.9 Å². The van der Waals surface area contributed by atoms with Gasteiger partial charge in [-0.15, -0.1) is 0 Å². The monoisotopic (exact) mass is 337 g/mol. The normalized spacial score (nSPS) is 19.8. The second-order valence-corrected chi connectivity index (χ2v) is 6.81. The number of likely N-dealkylation sites (tertiary alicyclic amines) is 1. The molecule has 7 heteroatoms. The van der Waals surface area contributed by atoms with Crippen LogP contribution in [0.25, 0.3) is 11.7 Å². The fourth-order valence-electron chi connectivity index (χ4n) is 2.93. The summed E-state index contributed by atoms with van der Waals surface area (Å²) in [5.41, 5.74) is 2.07. The fraction of sp³-hybridized carbons (Fsp3) is 0.294. The van der Waals surface area contributed by atoms with E-state index in [1.54, 1.807) is 30.6 Å². The van der Waals surface area contributed by atoms with Crippen LogP contribution in [0.15, 0.2) is 34.4 Å². The fourth-order valence-corrected chi connectivity index (χ4v) is 3.87. The molecule has 0 atom stereocenters. The Bertz CT molecular complexity index is 915. The van der Waals surface area contributed by atoms with Crippen LogP contribution in [-0.2, 0) is 4.79 Å². The van der Waals surface area contributed by atoms with Gasteiger partial charge in [-0.2, -0.15) is 10.3 Å². The summed E-state index contributed by atoms with van der Waals surface area (Å²) in [4.78, 5) is 23.5. The smallest absolute Gasteiger partial charge is 0.286 e. The summed E-state index contributed by atoms with van der Waals surface area (Å²) < 4.78 is 1.82. The summed E-state index contributed by atoms with van der Waals surface area (Å²) >= 11 is 1.42. The molecule has 2 aliphatic heterocycles. The third-order valence-electron chi connectivity index (χ3n) is 4.18. The Labute approximate surface area is 143 Å². The second kappa shape index (κ2) is 6.13. The lowest BCUT2D eigenvalue weighted by Gasteiger charge is -2.27. The number of pyridine rings is 1. The standard InChI is InChI=1S/C17H15N5OS/c18-9-12-4-5-15-19-10-13(22(15)11-12)8-14-16(23)20-17(24-14)21-6-2-1-3-7-21/h4-5,8,10-11H,1-3,6-7H2. The van der Waals surface area contributed by atoms with Crippen LogP contribution in [0.3, 0.4) is 0 Å². The van der Waals surface area contributed by atoms with Gasteiger partial charge in [-0.3, -0.25) is 9.20 Å². The van der Waals surface area contributed by atoms with Crippen LogP contribution in [0.4, 0.5) is 0 Å². The van der Waals surface area contributed by atoms with E-state index in [0.717, 1.165) is 42.4 Å². The highest BCUT2D eigenvalue weighted by Gasteiger charge is 2.27. The average Bonchev–Trinajstić information content (AvgIpc) is 3.19. The van der Waals surface area contributed by atoms with Crippen molar-refractivity contribution in [2.75, 3.05) is 13.1 Å². The molecule has 0 radical (unpaired) electrons. The lowest BCUT2D eigenvalue weighted by molar-refractivity contribution is -0.113. The maximum atomic E-state index is 12.2. The van der Waals surface area contributed by atoms with E-state index in [0.29, 0.717) is 10.5 Å². The second-order valence-electron chi connectivity index (χ2n) is 5.80. The average molecular weight is 337 g/mol. The molecule has 6 nitrogen and oxygen atoms in total. The molecule has 4 rings (SSSR count). The van der Waals surface area contributed by atoms with E-state index in [1.165, 1.54) is 18.2 Å². The van der Waals surface area contributed by atoms with E-state index in [9.17, 15) is 4.79 Å². The van der Waals surface area contributed by atoms with Crippen molar-refractivity contribution < 1.29 is 4.79 Å². The van der Waals surface area contributed by atoms with Crippen LogP contribution < -0.4 is 0 Å². The van der Waals surface area contributed by atoms with Crippen molar-refractivity contribution in [3.8, 4) is 6.07 Å². The molecule has 0 unspecified atom stereocenters. The molecular formula is C17H15N5OS. The van der Waals surface area contributed by atoms with Crippen molar-refractivity contribution >= 4 is 34.6 Å². The van der Waals surface area contributed by atoms with Crippen LogP contribution in [0, 0.1) is 11.3 Å². The predicted octanol–water partition coefficient (Wildman–Crippen LogP) is 2.66. The molecule has 2 aromatic rings. The molecular weight excluding hydrogens is 322 g/mol. The lowest BCUT2D eigenvalue weighted by atomic mass is 10.1. The van der Waals surface area contributed by atoms with Crippen molar-refractivity contribution in [1.82, 2.24) is 14.3 Å². The SMILES string of the molecule is N#Cc1ccc2ncc(C=C3SC(N4CCCCC4)=NC3=O)n2c1. The zero-order chi connectivity index (χ0) is 16.5. The van der Waals surface area contributed by atoms with Crippen LogP contribution in [0.5, 0.6) is 0 Å². The number of hydrogen-bond donors (Lipinski definition) is 0. The van der Waals surface area contributed by atoms with Crippen LogP contribution in [0.1, 0.15) is 30.5 Å². The van der Waals surface area contributed by atoms with Crippen molar-refractivity contribution in [3.05, 3.63) is 40.7 Å². The Morgan fingerprint density at radius 2 is 2.08 bits per heavy atom. The number of nitrogens with zero attached hydrogens (tertiary/aromatic N) is 5. The first-order valence-electron chi connectivity index (χ1n) is 7.89. The molecule has 1 saturated heterocycles. The first kappa shape index (κ1) is 15.0. The number of aromatic nitrogens is 2. The molecule has 1 amide bonds. The predicted molar refractivity (Wildman–Crippen MR) is 93.3 cm³/mol. The van der Waals surface area contributed by atoms with Gasteiger partial charge in [0.05, 0.1) is 22.4 Å². The topological polar surface area (TPSA) is 73.8 Å². The molecule has 0 aromatic carbocycles. The number of nitriles is 1. The number of thioether (sulfide) groups is 1. The van der Waals surface area contributed by atoms with Crippen LogP contribution >= 0.6 is 11.8 Å². The number of carbonyl (C=O) groups excluding carboxylic acids is 1. The maximum absolute atomic E-state index is 12.2. The van der Waals surface area contributed by atoms with Gasteiger partial charge in [0.25, 0.3) is 5.91 Å². The molecule has 0 spiro atoms. The van der Waals surface area contributed by atoms with Crippen molar-refractivity contribution in [2.24, 2.45) is 4.99 Å². The summed E-state index contributed by atoms with van der Waals surface area (Å²) in [6.07, 6.45) is 8.78. The van der Waals surface area contributed by atoms with Gasteiger partial charge in [0.1, 0.15) is 11.7 Å².